The van der Waals surface area contributed by atoms with E-state index in [1.165, 1.54) is 11.3 Å². The third kappa shape index (κ3) is 7.11. The fourth-order valence-electron chi connectivity index (χ4n) is 3.18. The standard InChI is InChI=1S/C24H38N2/c1-9-13-20(6)26(8)24(16-18(2)3)21(7)25-23(19(4)5)17-22-14-11-10-12-15-22/h10-12,14-15,18,23-25H,4,6-7,9,13,16-17H2,1-3,5,8H3. The number of likely N-dealkylation sites (N-methyl/N-ethyl adjacent to an activating group) is 1. The maximum atomic E-state index is 4.40. The summed E-state index contributed by atoms with van der Waals surface area (Å²) in [6.07, 6.45) is 4.11. The predicted molar refractivity (Wildman–Crippen MR) is 116 cm³/mol. The fraction of sp³-hybridized carbons (Fsp3) is 0.500. The number of benzene rings is 1. The Morgan fingerprint density at radius 2 is 1.73 bits per heavy atom. The second kappa shape index (κ2) is 10.9. The molecule has 0 amide bonds. The first-order chi connectivity index (χ1) is 12.3. The van der Waals surface area contributed by atoms with Gasteiger partial charge in [0.15, 0.2) is 0 Å². The van der Waals surface area contributed by atoms with E-state index in [1.54, 1.807) is 0 Å². The lowest BCUT2D eigenvalue weighted by Crippen LogP contribution is -2.42. The topological polar surface area (TPSA) is 15.3 Å². The lowest BCUT2D eigenvalue weighted by atomic mass is 9.96. The lowest BCUT2D eigenvalue weighted by molar-refractivity contribution is 0.276. The van der Waals surface area contributed by atoms with Crippen LogP contribution in [0.3, 0.4) is 0 Å². The first kappa shape index (κ1) is 22.1. The van der Waals surface area contributed by atoms with Crippen molar-refractivity contribution in [3.8, 4) is 0 Å². The van der Waals surface area contributed by atoms with Gasteiger partial charge in [-0.3, -0.25) is 0 Å². The van der Waals surface area contributed by atoms with E-state index in [4.69, 9.17) is 0 Å². The average molecular weight is 355 g/mol. The molecule has 0 saturated carbocycles. The van der Waals surface area contributed by atoms with Gasteiger partial charge < -0.3 is 10.2 Å². The summed E-state index contributed by atoms with van der Waals surface area (Å²) in [5, 5.41) is 3.67. The lowest BCUT2D eigenvalue weighted by Gasteiger charge is -2.36. The molecule has 2 nitrogen and oxygen atoms in total. The molecule has 0 aromatic heterocycles. The zero-order valence-corrected chi connectivity index (χ0v) is 17.5. The van der Waals surface area contributed by atoms with Gasteiger partial charge in [-0.05, 0) is 37.7 Å². The summed E-state index contributed by atoms with van der Waals surface area (Å²) >= 11 is 0. The molecule has 26 heavy (non-hydrogen) atoms. The third-order valence-corrected chi connectivity index (χ3v) is 4.84. The summed E-state index contributed by atoms with van der Waals surface area (Å²) in [6.45, 7) is 21.7. The van der Waals surface area contributed by atoms with E-state index in [-0.39, 0.29) is 12.1 Å². The molecule has 1 aromatic rings. The Morgan fingerprint density at radius 1 is 1.12 bits per heavy atom. The number of allylic oxidation sites excluding steroid dienone is 1. The smallest absolute Gasteiger partial charge is 0.0678 e. The molecule has 0 bridgehead atoms. The molecule has 0 heterocycles. The van der Waals surface area contributed by atoms with Gasteiger partial charge >= 0.3 is 0 Å². The summed E-state index contributed by atoms with van der Waals surface area (Å²) in [7, 11) is 2.14. The summed E-state index contributed by atoms with van der Waals surface area (Å²) in [5.74, 6) is 0.591. The van der Waals surface area contributed by atoms with Crippen molar-refractivity contribution >= 4 is 0 Å². The van der Waals surface area contributed by atoms with Crippen molar-refractivity contribution in [3.05, 3.63) is 72.6 Å². The molecule has 2 heteroatoms. The van der Waals surface area contributed by atoms with Gasteiger partial charge in [-0.2, -0.15) is 0 Å². The molecule has 0 aliphatic heterocycles. The van der Waals surface area contributed by atoms with Crippen molar-refractivity contribution in [1.29, 1.82) is 0 Å². The highest BCUT2D eigenvalue weighted by Crippen LogP contribution is 2.22. The molecule has 144 valence electrons. The minimum absolute atomic E-state index is 0.187. The van der Waals surface area contributed by atoms with Crippen molar-refractivity contribution in [2.24, 2.45) is 5.92 Å². The van der Waals surface area contributed by atoms with Crippen molar-refractivity contribution in [2.75, 3.05) is 7.05 Å². The zero-order valence-electron chi connectivity index (χ0n) is 17.5. The van der Waals surface area contributed by atoms with E-state index in [0.29, 0.717) is 5.92 Å². The number of hydrogen-bond acceptors (Lipinski definition) is 2. The first-order valence-corrected chi connectivity index (χ1v) is 9.81. The van der Waals surface area contributed by atoms with Crippen LogP contribution in [-0.4, -0.2) is 24.0 Å². The van der Waals surface area contributed by atoms with E-state index in [1.807, 2.05) is 0 Å². The van der Waals surface area contributed by atoms with Crippen LogP contribution in [0.2, 0.25) is 0 Å². The Morgan fingerprint density at radius 3 is 2.23 bits per heavy atom. The van der Waals surface area contributed by atoms with Crippen LogP contribution < -0.4 is 5.32 Å². The van der Waals surface area contributed by atoms with Crippen LogP contribution in [0, 0.1) is 5.92 Å². The van der Waals surface area contributed by atoms with E-state index in [0.717, 1.165) is 37.0 Å². The molecule has 0 spiro atoms. The van der Waals surface area contributed by atoms with E-state index in [9.17, 15) is 0 Å². The highest BCUT2D eigenvalue weighted by atomic mass is 15.2. The van der Waals surface area contributed by atoms with Crippen molar-refractivity contribution in [1.82, 2.24) is 10.2 Å². The van der Waals surface area contributed by atoms with Crippen LogP contribution in [0.5, 0.6) is 0 Å². The molecule has 2 atom stereocenters. The van der Waals surface area contributed by atoms with Crippen molar-refractivity contribution < 1.29 is 0 Å². The Kier molecular flexibility index (Phi) is 9.26. The van der Waals surface area contributed by atoms with Gasteiger partial charge in [-0.25, -0.2) is 0 Å². The van der Waals surface area contributed by atoms with Crippen LogP contribution in [0.15, 0.2) is 67.0 Å². The molecule has 1 aromatic carbocycles. The average Bonchev–Trinajstić information content (AvgIpc) is 2.59. The molecule has 0 fully saturated rings. The molecular formula is C24H38N2. The summed E-state index contributed by atoms with van der Waals surface area (Å²) in [4.78, 5) is 2.30. The Bertz CT molecular complexity index is 585. The van der Waals surface area contributed by atoms with Crippen LogP contribution in [-0.2, 0) is 6.42 Å². The van der Waals surface area contributed by atoms with Gasteiger partial charge in [-0.15, -0.1) is 0 Å². The van der Waals surface area contributed by atoms with Crippen LogP contribution in [0.1, 0.15) is 52.5 Å². The first-order valence-electron chi connectivity index (χ1n) is 9.81. The summed E-state index contributed by atoms with van der Waals surface area (Å²) in [6, 6.07) is 11.0. The number of nitrogens with one attached hydrogen (secondary N) is 1. The summed E-state index contributed by atoms with van der Waals surface area (Å²) < 4.78 is 0. The fourth-order valence-corrected chi connectivity index (χ4v) is 3.18. The highest BCUT2D eigenvalue weighted by Gasteiger charge is 2.23. The van der Waals surface area contributed by atoms with Gasteiger partial charge in [-0.1, -0.05) is 82.8 Å². The zero-order chi connectivity index (χ0) is 19.7. The number of rotatable bonds is 12. The van der Waals surface area contributed by atoms with E-state index < -0.39 is 0 Å². The molecule has 2 unspecified atom stereocenters. The van der Waals surface area contributed by atoms with E-state index >= 15 is 0 Å². The quantitative estimate of drug-likeness (QED) is 0.467. The highest BCUT2D eigenvalue weighted by molar-refractivity contribution is 5.21. The summed E-state index contributed by atoms with van der Waals surface area (Å²) in [5.41, 5.74) is 4.68. The van der Waals surface area contributed by atoms with Gasteiger partial charge in [0.1, 0.15) is 0 Å². The number of nitrogens with zero attached hydrogens (tertiary/aromatic N) is 1. The molecule has 0 saturated heterocycles. The SMILES string of the molecule is C=C(C)C(Cc1ccccc1)NC(=C)C(CC(C)C)N(C)C(=C)CCC. The van der Waals surface area contributed by atoms with E-state index in [2.05, 4.69) is 95.0 Å². The molecule has 1 N–H and O–H groups in total. The Balaban J connectivity index is 2.90. The Hall–Kier alpha value is -1.96. The third-order valence-electron chi connectivity index (χ3n) is 4.84. The normalized spacial score (nSPS) is 13.2. The minimum Gasteiger partial charge on any atom is -0.380 e. The van der Waals surface area contributed by atoms with Crippen molar-refractivity contribution in [3.63, 3.8) is 0 Å². The number of hydrogen-bond donors (Lipinski definition) is 1. The monoisotopic (exact) mass is 354 g/mol. The van der Waals surface area contributed by atoms with Gasteiger partial charge in [0, 0.05) is 18.4 Å². The van der Waals surface area contributed by atoms with Crippen LogP contribution in [0.25, 0.3) is 0 Å². The van der Waals surface area contributed by atoms with Crippen molar-refractivity contribution in [2.45, 2.75) is 65.5 Å². The molecule has 0 aliphatic carbocycles. The van der Waals surface area contributed by atoms with Gasteiger partial charge in [0.2, 0.25) is 0 Å². The molecular weight excluding hydrogens is 316 g/mol. The van der Waals surface area contributed by atoms with Gasteiger partial charge in [0.05, 0.1) is 12.1 Å². The maximum absolute atomic E-state index is 4.40. The second-order valence-electron chi connectivity index (χ2n) is 7.83. The molecule has 0 radical (unpaired) electrons. The molecule has 0 aliphatic rings. The maximum Gasteiger partial charge on any atom is 0.0678 e. The Labute approximate surface area is 161 Å². The molecule has 1 rings (SSSR count). The largest absolute Gasteiger partial charge is 0.380 e. The second-order valence-corrected chi connectivity index (χ2v) is 7.83. The van der Waals surface area contributed by atoms with Crippen LogP contribution in [0.4, 0.5) is 0 Å². The predicted octanol–water partition coefficient (Wildman–Crippen LogP) is 5.94. The minimum atomic E-state index is 0.187. The van der Waals surface area contributed by atoms with Crippen LogP contribution >= 0.6 is 0 Å². The van der Waals surface area contributed by atoms with Gasteiger partial charge in [0.25, 0.3) is 0 Å².